The topological polar surface area (TPSA) is 66.4 Å². The summed E-state index contributed by atoms with van der Waals surface area (Å²) in [6.45, 7) is 2.21. The number of nitrogens with zero attached hydrogens (tertiary/aromatic N) is 1. The maximum absolute atomic E-state index is 8.83. The Labute approximate surface area is 145 Å². The predicted molar refractivity (Wildman–Crippen MR) is 99.3 cm³/mol. The summed E-state index contributed by atoms with van der Waals surface area (Å²) in [6, 6.07) is 11.6. The summed E-state index contributed by atoms with van der Waals surface area (Å²) in [5.41, 5.74) is 2.75. The molecule has 2 aromatic carbocycles. The number of nitrogens with one attached hydrogen (secondary N) is 2. The van der Waals surface area contributed by atoms with E-state index < -0.39 is 0 Å². The first-order chi connectivity index (χ1) is 11.7. The van der Waals surface area contributed by atoms with E-state index in [9.17, 15) is 0 Å². The van der Waals surface area contributed by atoms with E-state index in [4.69, 9.17) is 26.4 Å². The Bertz CT molecular complexity index is 854. The molecular weight excluding hydrogens is 326 g/mol. The van der Waals surface area contributed by atoms with Gasteiger partial charge in [-0.1, -0.05) is 11.6 Å². The monoisotopic (exact) mass is 345 g/mol. The minimum absolute atomic E-state index is 0.136. The molecule has 0 aliphatic carbocycles. The average molecular weight is 346 g/mol. The van der Waals surface area contributed by atoms with Gasteiger partial charge >= 0.3 is 0 Å². The van der Waals surface area contributed by atoms with Crippen molar-refractivity contribution in [1.29, 1.82) is 0 Å². The van der Waals surface area contributed by atoms with E-state index in [-0.39, 0.29) is 6.61 Å². The van der Waals surface area contributed by atoms with E-state index in [1.165, 1.54) is 0 Å². The Hall–Kier alpha value is -2.08. The van der Waals surface area contributed by atoms with Crippen molar-refractivity contribution >= 4 is 39.1 Å². The van der Waals surface area contributed by atoms with Gasteiger partial charge in [0.05, 0.1) is 30.4 Å². The lowest BCUT2D eigenvalue weighted by atomic mass is 10.1. The van der Waals surface area contributed by atoms with E-state index in [1.54, 1.807) is 7.11 Å². The van der Waals surface area contributed by atoms with Crippen LogP contribution in [0.1, 0.15) is 0 Å². The Morgan fingerprint density at radius 1 is 1.04 bits per heavy atom. The Balaban J connectivity index is 2.05. The number of aromatic nitrogens is 1. The second-order valence-corrected chi connectivity index (χ2v) is 5.87. The Kier molecular flexibility index (Phi) is 5.35. The lowest BCUT2D eigenvalue weighted by Gasteiger charge is -2.14. The minimum Gasteiger partial charge on any atom is -0.497 e. The predicted octanol–water partition coefficient (Wildman–Crippen LogP) is 3.04. The molecule has 1 heterocycles. The van der Waals surface area contributed by atoms with E-state index >= 15 is 0 Å². The van der Waals surface area contributed by atoms with Crippen molar-refractivity contribution in [3.8, 4) is 5.75 Å². The fourth-order valence-electron chi connectivity index (χ4n) is 2.69. The number of hydrogen-bond acceptors (Lipinski definition) is 5. The molecule has 0 bridgehead atoms. The van der Waals surface area contributed by atoms with Gasteiger partial charge in [-0.15, -0.1) is 0 Å². The number of aliphatic hydroxyl groups is 1. The van der Waals surface area contributed by atoms with Crippen LogP contribution in [-0.2, 0) is 0 Å². The molecule has 3 rings (SSSR count). The molecule has 0 saturated carbocycles. The van der Waals surface area contributed by atoms with E-state index in [1.807, 2.05) is 36.4 Å². The smallest absolute Gasteiger partial charge is 0.119 e. The molecule has 0 fully saturated rings. The molecule has 0 aliphatic heterocycles. The van der Waals surface area contributed by atoms with Gasteiger partial charge < -0.3 is 20.5 Å². The average Bonchev–Trinajstić information content (AvgIpc) is 2.60. The van der Waals surface area contributed by atoms with Gasteiger partial charge in [-0.25, -0.2) is 4.98 Å². The summed E-state index contributed by atoms with van der Waals surface area (Å²) in [7, 11) is 1.65. The molecule has 0 unspecified atom stereocenters. The van der Waals surface area contributed by atoms with Crippen LogP contribution in [0, 0.1) is 0 Å². The molecule has 0 spiro atoms. The first-order valence-electron chi connectivity index (χ1n) is 7.85. The van der Waals surface area contributed by atoms with Crippen molar-refractivity contribution in [2.75, 3.05) is 38.7 Å². The first kappa shape index (κ1) is 16.8. The van der Waals surface area contributed by atoms with Crippen LogP contribution < -0.4 is 15.4 Å². The second-order valence-electron chi connectivity index (χ2n) is 5.43. The van der Waals surface area contributed by atoms with E-state index in [2.05, 4.69) is 10.6 Å². The number of halogens is 1. The van der Waals surface area contributed by atoms with Crippen molar-refractivity contribution in [2.24, 2.45) is 0 Å². The molecular formula is C18H20ClN3O2. The summed E-state index contributed by atoms with van der Waals surface area (Å²) in [5, 5.41) is 18.2. The fraction of sp³-hybridized carbons (Fsp3) is 0.278. The SMILES string of the molecule is COc1ccc2nc3cc(Cl)ccc3c(NCCNCCO)c2c1. The number of ether oxygens (including phenoxy) is 1. The third-order valence-corrected chi connectivity index (χ3v) is 4.07. The molecule has 0 atom stereocenters. The highest BCUT2D eigenvalue weighted by atomic mass is 35.5. The van der Waals surface area contributed by atoms with Gasteiger partial charge in [-0.05, 0) is 36.4 Å². The van der Waals surface area contributed by atoms with Crippen LogP contribution in [-0.4, -0.2) is 43.4 Å². The van der Waals surface area contributed by atoms with Crippen LogP contribution in [0.4, 0.5) is 5.69 Å². The van der Waals surface area contributed by atoms with Gasteiger partial charge in [0.15, 0.2) is 0 Å². The Morgan fingerprint density at radius 2 is 1.92 bits per heavy atom. The zero-order chi connectivity index (χ0) is 16.9. The van der Waals surface area contributed by atoms with Gasteiger partial charge in [0.25, 0.3) is 0 Å². The standard InChI is InChI=1S/C18H20ClN3O2/c1-24-13-3-5-16-15(11-13)18(21-7-6-20-8-9-23)14-4-2-12(19)10-17(14)22-16/h2-5,10-11,20,23H,6-9H2,1H3,(H,21,22). The lowest BCUT2D eigenvalue weighted by molar-refractivity contribution is 0.293. The number of rotatable bonds is 7. The molecule has 0 amide bonds. The molecule has 0 aliphatic rings. The number of hydrogen-bond donors (Lipinski definition) is 3. The number of benzene rings is 2. The van der Waals surface area contributed by atoms with Crippen LogP contribution >= 0.6 is 11.6 Å². The van der Waals surface area contributed by atoms with Gasteiger partial charge in [0, 0.05) is 35.4 Å². The maximum Gasteiger partial charge on any atom is 0.119 e. The Morgan fingerprint density at radius 3 is 2.71 bits per heavy atom. The molecule has 6 heteroatoms. The van der Waals surface area contributed by atoms with Gasteiger partial charge in [0.2, 0.25) is 0 Å². The highest BCUT2D eigenvalue weighted by Gasteiger charge is 2.10. The summed E-state index contributed by atoms with van der Waals surface area (Å²) in [4.78, 5) is 4.70. The van der Waals surface area contributed by atoms with Crippen LogP contribution in [0.2, 0.25) is 5.02 Å². The molecule has 1 aromatic heterocycles. The summed E-state index contributed by atoms with van der Waals surface area (Å²) in [5.74, 6) is 0.791. The first-order valence-corrected chi connectivity index (χ1v) is 8.23. The second kappa shape index (κ2) is 7.66. The highest BCUT2D eigenvalue weighted by Crippen LogP contribution is 2.33. The third-order valence-electron chi connectivity index (χ3n) is 3.84. The number of aliphatic hydroxyl groups excluding tert-OH is 1. The van der Waals surface area contributed by atoms with Crippen molar-refractivity contribution in [1.82, 2.24) is 10.3 Å². The van der Waals surface area contributed by atoms with E-state index in [0.717, 1.165) is 46.3 Å². The van der Waals surface area contributed by atoms with Gasteiger partial charge in [-0.2, -0.15) is 0 Å². The number of anilines is 1. The van der Waals surface area contributed by atoms with Crippen molar-refractivity contribution in [3.05, 3.63) is 41.4 Å². The van der Waals surface area contributed by atoms with E-state index in [0.29, 0.717) is 11.6 Å². The quantitative estimate of drug-likeness (QED) is 0.453. The fourth-order valence-corrected chi connectivity index (χ4v) is 2.86. The molecule has 24 heavy (non-hydrogen) atoms. The van der Waals surface area contributed by atoms with Gasteiger partial charge in [0.1, 0.15) is 5.75 Å². The molecule has 0 saturated heterocycles. The molecule has 3 aromatic rings. The van der Waals surface area contributed by atoms with Crippen molar-refractivity contribution < 1.29 is 9.84 Å². The largest absolute Gasteiger partial charge is 0.497 e. The summed E-state index contributed by atoms with van der Waals surface area (Å²) < 4.78 is 5.35. The molecule has 0 radical (unpaired) electrons. The highest BCUT2D eigenvalue weighted by molar-refractivity contribution is 6.31. The van der Waals surface area contributed by atoms with Crippen LogP contribution in [0.25, 0.3) is 21.8 Å². The number of pyridine rings is 1. The number of methoxy groups -OCH3 is 1. The van der Waals surface area contributed by atoms with Crippen molar-refractivity contribution in [2.45, 2.75) is 0 Å². The molecule has 5 nitrogen and oxygen atoms in total. The van der Waals surface area contributed by atoms with Crippen molar-refractivity contribution in [3.63, 3.8) is 0 Å². The third kappa shape index (κ3) is 3.53. The van der Waals surface area contributed by atoms with Crippen LogP contribution in [0.15, 0.2) is 36.4 Å². The van der Waals surface area contributed by atoms with Crippen LogP contribution in [0.3, 0.4) is 0 Å². The maximum atomic E-state index is 8.83. The zero-order valence-corrected chi connectivity index (χ0v) is 14.2. The van der Waals surface area contributed by atoms with Gasteiger partial charge in [-0.3, -0.25) is 0 Å². The minimum atomic E-state index is 0.136. The lowest BCUT2D eigenvalue weighted by Crippen LogP contribution is -2.25. The zero-order valence-electron chi connectivity index (χ0n) is 13.5. The summed E-state index contributed by atoms with van der Waals surface area (Å²) >= 11 is 6.12. The number of fused-ring (bicyclic) bond motifs is 2. The molecule has 126 valence electrons. The normalized spacial score (nSPS) is 11.1. The van der Waals surface area contributed by atoms with Crippen LogP contribution in [0.5, 0.6) is 5.75 Å². The molecule has 3 N–H and O–H groups in total. The summed E-state index contributed by atoms with van der Waals surface area (Å²) in [6.07, 6.45) is 0.